The number of carbonyl (C=O) groups is 2. The summed E-state index contributed by atoms with van der Waals surface area (Å²) in [6.07, 6.45) is 3.44. The number of halogens is 1. The standard InChI is InChI=1S/C26H25ClN2O6/c1-12-24-13(7-21(34-2)25(12)35-3)6-17(28-24)26(33)29-10-14(9-27)22-16-5-4-15(20(32)11-30)23(16)19(31)8-18(22)29/h4-8,14-15,28,30-31H,9-11H2,1-3H3/t14-,15?/m1/s1. The predicted octanol–water partition coefficient (Wildman–Crippen LogP) is 3.85. The molecule has 0 saturated heterocycles. The van der Waals surface area contributed by atoms with E-state index in [1.807, 2.05) is 13.0 Å². The number of carbonyl (C=O) groups excluding carboxylic acids is 2. The zero-order valence-corrected chi connectivity index (χ0v) is 20.3. The number of nitrogens with one attached hydrogen (secondary N) is 1. The lowest BCUT2D eigenvalue weighted by molar-refractivity contribution is -0.122. The number of fused-ring (bicyclic) bond motifs is 4. The van der Waals surface area contributed by atoms with Gasteiger partial charge in [0.2, 0.25) is 0 Å². The molecular formula is C26H25ClN2O6. The van der Waals surface area contributed by atoms with Crippen molar-refractivity contribution < 1.29 is 29.3 Å². The van der Waals surface area contributed by atoms with Gasteiger partial charge in [-0.05, 0) is 30.2 Å². The van der Waals surface area contributed by atoms with Gasteiger partial charge in [-0.15, -0.1) is 11.6 Å². The van der Waals surface area contributed by atoms with Gasteiger partial charge < -0.3 is 29.6 Å². The van der Waals surface area contributed by atoms with Crippen molar-refractivity contribution in [3.05, 3.63) is 52.2 Å². The number of aromatic nitrogens is 1. The summed E-state index contributed by atoms with van der Waals surface area (Å²) in [5.41, 5.74) is 4.49. The number of alkyl halides is 1. The summed E-state index contributed by atoms with van der Waals surface area (Å²) in [7, 11) is 3.13. The second-order valence-corrected chi connectivity index (χ2v) is 9.08. The molecule has 0 bridgehead atoms. The number of amides is 1. The Morgan fingerprint density at radius 1 is 1.20 bits per heavy atom. The highest BCUT2D eigenvalue weighted by atomic mass is 35.5. The molecule has 2 atom stereocenters. The summed E-state index contributed by atoms with van der Waals surface area (Å²) >= 11 is 6.30. The first-order valence-electron chi connectivity index (χ1n) is 11.2. The van der Waals surface area contributed by atoms with Crippen LogP contribution >= 0.6 is 11.6 Å². The molecule has 1 aliphatic carbocycles. The SMILES string of the molecule is COc1cc2cc(C(=O)N3C[C@@H](CCl)c4c3cc(O)c3c4C=CC3C(=O)CO)[nH]c2c(C)c1OC. The van der Waals surface area contributed by atoms with E-state index in [4.69, 9.17) is 21.1 Å². The molecule has 3 N–H and O–H groups in total. The highest BCUT2D eigenvalue weighted by molar-refractivity contribution is 6.19. The summed E-state index contributed by atoms with van der Waals surface area (Å²) < 4.78 is 10.9. The van der Waals surface area contributed by atoms with Crippen LogP contribution in [0.1, 0.15) is 44.6 Å². The largest absolute Gasteiger partial charge is 0.508 e. The van der Waals surface area contributed by atoms with Gasteiger partial charge in [0.05, 0.1) is 31.3 Å². The monoisotopic (exact) mass is 496 g/mol. The van der Waals surface area contributed by atoms with Crippen LogP contribution in [0.4, 0.5) is 5.69 Å². The van der Waals surface area contributed by atoms with E-state index in [2.05, 4.69) is 4.98 Å². The number of aliphatic hydroxyl groups excluding tert-OH is 1. The number of nitrogens with zero attached hydrogens (tertiary/aromatic N) is 1. The van der Waals surface area contributed by atoms with Crippen LogP contribution in [0.2, 0.25) is 0 Å². The first-order chi connectivity index (χ1) is 16.8. The third kappa shape index (κ3) is 3.39. The van der Waals surface area contributed by atoms with Crippen LogP contribution in [0.15, 0.2) is 24.3 Å². The van der Waals surface area contributed by atoms with Crippen LogP contribution in [-0.2, 0) is 4.79 Å². The molecular weight excluding hydrogens is 472 g/mol. The smallest absolute Gasteiger partial charge is 0.274 e. The van der Waals surface area contributed by atoms with Crippen molar-refractivity contribution in [2.75, 3.05) is 38.2 Å². The number of benzene rings is 2. The summed E-state index contributed by atoms with van der Waals surface area (Å²) in [5, 5.41) is 21.0. The fraction of sp³-hybridized carbons (Fsp3) is 0.308. The molecule has 182 valence electrons. The zero-order valence-electron chi connectivity index (χ0n) is 19.5. The predicted molar refractivity (Wildman–Crippen MR) is 133 cm³/mol. The normalized spacial score (nSPS) is 18.1. The molecule has 35 heavy (non-hydrogen) atoms. The second kappa shape index (κ2) is 8.62. The molecule has 9 heteroatoms. The van der Waals surface area contributed by atoms with Crippen molar-refractivity contribution in [1.82, 2.24) is 4.98 Å². The molecule has 8 nitrogen and oxygen atoms in total. The molecule has 0 saturated carbocycles. The molecule has 1 amide bonds. The second-order valence-electron chi connectivity index (χ2n) is 8.77. The summed E-state index contributed by atoms with van der Waals surface area (Å²) in [5.74, 6) is -0.227. The van der Waals surface area contributed by atoms with E-state index < -0.39 is 18.3 Å². The molecule has 2 heterocycles. The Labute approximate surface area is 206 Å². The number of methoxy groups -OCH3 is 2. The highest BCUT2D eigenvalue weighted by Gasteiger charge is 2.39. The molecule has 2 aliphatic rings. The Morgan fingerprint density at radius 3 is 2.63 bits per heavy atom. The molecule has 1 aromatic heterocycles. The third-order valence-electron chi connectivity index (χ3n) is 6.94. The Bertz CT molecular complexity index is 1410. The maximum absolute atomic E-state index is 13.7. The van der Waals surface area contributed by atoms with E-state index >= 15 is 0 Å². The quantitative estimate of drug-likeness (QED) is 0.447. The number of rotatable bonds is 6. The van der Waals surface area contributed by atoms with Crippen LogP contribution in [-0.4, -0.2) is 60.1 Å². The van der Waals surface area contributed by atoms with E-state index in [1.54, 1.807) is 37.3 Å². The van der Waals surface area contributed by atoms with Crippen LogP contribution in [0, 0.1) is 6.92 Å². The summed E-state index contributed by atoms with van der Waals surface area (Å²) in [6, 6.07) is 5.10. The van der Waals surface area contributed by atoms with Crippen LogP contribution in [0.5, 0.6) is 17.2 Å². The van der Waals surface area contributed by atoms with Crippen molar-refractivity contribution in [3.63, 3.8) is 0 Å². The Morgan fingerprint density at radius 2 is 1.97 bits per heavy atom. The van der Waals surface area contributed by atoms with Gasteiger partial charge in [0, 0.05) is 40.9 Å². The van der Waals surface area contributed by atoms with Gasteiger partial charge in [-0.2, -0.15) is 0 Å². The zero-order chi connectivity index (χ0) is 25.0. The number of aromatic amines is 1. The van der Waals surface area contributed by atoms with Crippen molar-refractivity contribution >= 4 is 46.0 Å². The molecule has 3 aromatic rings. The lowest BCUT2D eigenvalue weighted by Gasteiger charge is -2.19. The fourth-order valence-electron chi connectivity index (χ4n) is 5.31. The van der Waals surface area contributed by atoms with Crippen molar-refractivity contribution in [3.8, 4) is 17.2 Å². The van der Waals surface area contributed by atoms with E-state index in [0.29, 0.717) is 40.6 Å². The molecule has 1 aliphatic heterocycles. The number of allylic oxidation sites excluding steroid dienone is 1. The van der Waals surface area contributed by atoms with Crippen LogP contribution in [0.3, 0.4) is 0 Å². The highest BCUT2D eigenvalue weighted by Crippen LogP contribution is 2.49. The number of aryl methyl sites for hydroxylation is 1. The lowest BCUT2D eigenvalue weighted by Crippen LogP contribution is -2.30. The maximum atomic E-state index is 13.7. The molecule has 5 rings (SSSR count). The molecule has 0 radical (unpaired) electrons. The number of ketones is 1. The molecule has 0 spiro atoms. The van der Waals surface area contributed by atoms with Gasteiger partial charge in [-0.3, -0.25) is 9.59 Å². The molecule has 2 aromatic carbocycles. The maximum Gasteiger partial charge on any atom is 0.274 e. The fourth-order valence-corrected chi connectivity index (χ4v) is 5.57. The third-order valence-corrected chi connectivity index (χ3v) is 7.31. The number of phenolic OH excluding ortho intramolecular Hbond substituents is 1. The Hall–Kier alpha value is -3.49. The van der Waals surface area contributed by atoms with Gasteiger partial charge in [0.25, 0.3) is 5.91 Å². The van der Waals surface area contributed by atoms with Gasteiger partial charge in [0.1, 0.15) is 18.1 Å². The first-order valence-corrected chi connectivity index (χ1v) is 11.7. The minimum atomic E-state index is -0.720. The van der Waals surface area contributed by atoms with Crippen LogP contribution < -0.4 is 14.4 Å². The van der Waals surface area contributed by atoms with E-state index in [0.717, 1.165) is 22.0 Å². The Kier molecular flexibility index (Phi) is 5.73. The first kappa shape index (κ1) is 23.3. The summed E-state index contributed by atoms with van der Waals surface area (Å²) in [4.78, 5) is 30.7. The number of aliphatic hydroxyl groups is 1. The van der Waals surface area contributed by atoms with Crippen LogP contribution in [0.25, 0.3) is 17.0 Å². The lowest BCUT2D eigenvalue weighted by atomic mass is 9.89. The average Bonchev–Trinajstić information content (AvgIpc) is 3.58. The number of anilines is 1. The molecule has 0 fully saturated rings. The van der Waals surface area contributed by atoms with Gasteiger partial charge in [-0.1, -0.05) is 12.2 Å². The van der Waals surface area contributed by atoms with Gasteiger partial charge >= 0.3 is 0 Å². The van der Waals surface area contributed by atoms with Gasteiger partial charge in [-0.25, -0.2) is 0 Å². The Balaban J connectivity index is 1.60. The van der Waals surface area contributed by atoms with E-state index in [9.17, 15) is 19.8 Å². The number of hydrogen-bond acceptors (Lipinski definition) is 6. The number of Topliss-reactive ketones (excluding diaryl/α,β-unsaturated/α-hetero) is 1. The van der Waals surface area contributed by atoms with E-state index in [1.165, 1.54) is 6.07 Å². The van der Waals surface area contributed by atoms with Crippen molar-refractivity contribution in [2.45, 2.75) is 18.8 Å². The number of aromatic hydroxyl groups is 1. The number of H-pyrrole nitrogens is 1. The van der Waals surface area contributed by atoms with E-state index in [-0.39, 0.29) is 23.5 Å². The minimum Gasteiger partial charge on any atom is -0.508 e. The number of phenols is 1. The number of hydrogen-bond donors (Lipinski definition) is 3. The minimum absolute atomic E-state index is 0.0921. The van der Waals surface area contributed by atoms with Gasteiger partial charge in [0.15, 0.2) is 17.3 Å². The summed E-state index contributed by atoms with van der Waals surface area (Å²) in [6.45, 7) is 1.60. The van der Waals surface area contributed by atoms with Crippen molar-refractivity contribution in [1.29, 1.82) is 0 Å². The van der Waals surface area contributed by atoms with Crippen molar-refractivity contribution in [2.24, 2.45) is 0 Å². The molecule has 1 unspecified atom stereocenters. The average molecular weight is 497 g/mol. The number of ether oxygens (including phenoxy) is 2. The topological polar surface area (TPSA) is 112 Å².